The third kappa shape index (κ3) is 18.9. The second-order valence-electron chi connectivity index (χ2n) is 31.5. The molecule has 13 nitrogen and oxygen atoms in total. The van der Waals surface area contributed by atoms with Gasteiger partial charge in [0.2, 0.25) is 14.2 Å². The maximum Gasteiger partial charge on any atom is 0.264 e. The smallest absolute Gasteiger partial charge is 0.264 e. The molecule has 6 aromatic rings. The molecule has 0 unspecified atom stereocenters. The first-order valence-electron chi connectivity index (χ1n) is 36.7. The van der Waals surface area contributed by atoms with Crippen molar-refractivity contribution in [2.24, 2.45) is 11.8 Å². The molecule has 2 saturated heterocycles. The van der Waals surface area contributed by atoms with E-state index >= 15 is 0 Å². The Labute approximate surface area is 600 Å². The molecule has 0 N–H and O–H groups in total. The molecular formula is C81H120N2O11SSi4. The number of aromatic nitrogens is 2. The van der Waals surface area contributed by atoms with Gasteiger partial charge in [-0.2, -0.15) is 8.42 Å². The lowest BCUT2D eigenvalue weighted by atomic mass is 9.79. The highest BCUT2D eigenvalue weighted by atomic mass is 32.2. The average molecular weight is 1440 g/mol. The van der Waals surface area contributed by atoms with Gasteiger partial charge in [0.15, 0.2) is 14.2 Å². The normalized spacial score (nSPS) is 21.8. The van der Waals surface area contributed by atoms with Gasteiger partial charge in [0, 0.05) is 31.6 Å². The predicted molar refractivity (Wildman–Crippen MR) is 416 cm³/mol. The number of hydrogen-bond donors (Lipinski definition) is 0. The Balaban J connectivity index is 1.12. The van der Waals surface area contributed by atoms with Gasteiger partial charge >= 0.3 is 0 Å². The van der Waals surface area contributed by atoms with Gasteiger partial charge in [0.25, 0.3) is 26.8 Å². The second-order valence-corrected chi connectivity index (χ2v) is 51.8. The van der Waals surface area contributed by atoms with Crippen molar-refractivity contribution in [1.29, 1.82) is 0 Å². The molecule has 2 fully saturated rings. The molecule has 8 rings (SSSR count). The van der Waals surface area contributed by atoms with Crippen LogP contribution >= 0.6 is 0 Å². The monoisotopic (exact) mass is 1440 g/mol. The first-order chi connectivity index (χ1) is 46.7. The number of nitrogens with zero attached hydrogens (tertiary/aromatic N) is 2. The van der Waals surface area contributed by atoms with Crippen molar-refractivity contribution in [2.45, 2.75) is 264 Å². The van der Waals surface area contributed by atoms with E-state index in [4.69, 9.17) is 51.8 Å². The fourth-order valence-corrected chi connectivity index (χ4v) is 35.3. The van der Waals surface area contributed by atoms with Gasteiger partial charge in [-0.1, -0.05) is 257 Å². The van der Waals surface area contributed by atoms with Crippen LogP contribution in [0, 0.1) is 18.8 Å². The number of benzene rings is 4. The zero-order chi connectivity index (χ0) is 72.3. The van der Waals surface area contributed by atoms with Crippen molar-refractivity contribution in [2.75, 3.05) is 12.9 Å². The molecule has 4 heterocycles. The molecule has 0 saturated carbocycles. The van der Waals surface area contributed by atoms with Gasteiger partial charge in [-0.25, -0.2) is 9.97 Å². The fraction of sp³-hybridized carbons (Fsp3) is 0.556. The average Bonchev–Trinajstić information content (AvgIpc) is 0.921. The lowest BCUT2D eigenvalue weighted by Gasteiger charge is -2.52. The summed E-state index contributed by atoms with van der Waals surface area (Å²) in [5.74, 6) is 1.21. The van der Waals surface area contributed by atoms with E-state index in [9.17, 15) is 8.42 Å². The van der Waals surface area contributed by atoms with Crippen molar-refractivity contribution >= 4 is 76.3 Å². The molecule has 0 radical (unpaired) electrons. The van der Waals surface area contributed by atoms with E-state index < -0.39 is 61.7 Å². The number of hydrogen-bond acceptors (Lipinski definition) is 13. The molecule has 542 valence electrons. The largest absolute Gasteiger partial charge is 0.449 e. The molecule has 2 aromatic heterocycles. The standard InChI is InChI=1S/C81H120N2O11SSi4/c1-22-96(23-2,24-3)92-69(55-88-98(80(15,16)17,70-38-29-25-30-39-70)71-40-31-26-32-41-71)49-60(10)48-67(91-95(21,84)85)51-66-52-68(93-99(81(18,19)20,72-42-33-27-34-43-72)73-44-35-28-36-45-73)53-76(89-66)74-56-87-77(83-74)47-37-46-75-62(12)79(94-97(57(4)5,58(6)7)59(8)9)63(13)78(90-75)61(11)50-65-54-86-64(14)82-65/h25-45,47,50,54,56-59,62-63,66-69,75-76,78-79H,10,22-24,46,48-49,51-53,55H2,1-9,11-21H3/b47-37+,61-50+/t62-,63-,66+,67-,68+,69+,75+,76+,78-,79-/m0/s1. The molecule has 99 heavy (non-hydrogen) atoms. The van der Waals surface area contributed by atoms with E-state index in [0.29, 0.717) is 66.4 Å². The van der Waals surface area contributed by atoms with Crippen molar-refractivity contribution in [1.82, 2.24) is 9.97 Å². The molecule has 0 amide bonds. The maximum absolute atomic E-state index is 13.6. The zero-order valence-corrected chi connectivity index (χ0v) is 68.3. The summed E-state index contributed by atoms with van der Waals surface area (Å²) in [4.78, 5) is 9.80. The number of ether oxygens (including phenoxy) is 2. The van der Waals surface area contributed by atoms with Gasteiger partial charge in [-0.05, 0) is 116 Å². The van der Waals surface area contributed by atoms with E-state index in [0.717, 1.165) is 51.6 Å². The highest BCUT2D eigenvalue weighted by Crippen LogP contribution is 2.49. The summed E-state index contributed by atoms with van der Waals surface area (Å²) in [6.45, 7) is 48.2. The van der Waals surface area contributed by atoms with Crippen LogP contribution in [-0.4, -0.2) is 107 Å². The van der Waals surface area contributed by atoms with Gasteiger partial charge in [-0.3, -0.25) is 4.18 Å². The van der Waals surface area contributed by atoms with Crippen LogP contribution in [0.4, 0.5) is 0 Å². The Kier molecular flexibility index (Phi) is 27.5. The van der Waals surface area contributed by atoms with E-state index in [1.807, 2.05) is 13.0 Å². The van der Waals surface area contributed by atoms with Gasteiger partial charge < -0.3 is 36.0 Å². The molecule has 0 bridgehead atoms. The SMILES string of the molecule is C=C(C[C@H](CO[Si](c1ccccc1)(c1ccccc1)C(C)(C)C)O[Si](CC)(CC)CC)C[C@@H](C[C@@H]1C[C@@H](O[Si](c2ccccc2)(c2ccccc2)C(C)(C)C)C[C@H](c2coc(/C=C/C[C@H]3O[C@@H](/C(C)=C/c4coc(C)n4)[C@H](C)[C@@H](O[Si](C(C)C)(C(C)C)C(C)C)[C@H]3C)n2)O1)OS(C)(=O)=O. The Hall–Kier alpha value is -4.94. The third-order valence-electron chi connectivity index (χ3n) is 21.7. The zero-order valence-electron chi connectivity index (χ0n) is 63.5. The third-order valence-corrected chi connectivity index (χ3v) is 43.2. The quantitative estimate of drug-likeness (QED) is 0.0219. The summed E-state index contributed by atoms with van der Waals surface area (Å²) in [5, 5.41) is 4.13. The highest BCUT2D eigenvalue weighted by Gasteiger charge is 2.55. The molecule has 2 aliphatic rings. The molecule has 0 aliphatic carbocycles. The van der Waals surface area contributed by atoms with E-state index in [2.05, 4.69) is 263 Å². The minimum atomic E-state index is -3.98. The van der Waals surface area contributed by atoms with E-state index in [1.165, 1.54) is 10.4 Å². The van der Waals surface area contributed by atoms with Crippen molar-refractivity contribution < 1.29 is 48.6 Å². The summed E-state index contributed by atoms with van der Waals surface area (Å²) < 4.78 is 90.7. The molecule has 2 aliphatic heterocycles. The van der Waals surface area contributed by atoms with Crippen LogP contribution in [-0.2, 0) is 41.5 Å². The Morgan fingerprint density at radius 3 is 1.64 bits per heavy atom. The number of rotatable bonds is 33. The van der Waals surface area contributed by atoms with Crippen LogP contribution < -0.4 is 20.7 Å². The van der Waals surface area contributed by atoms with Gasteiger partial charge in [0.05, 0.1) is 55.6 Å². The summed E-state index contributed by atoms with van der Waals surface area (Å²) in [5.41, 5.74) is 4.54. The van der Waals surface area contributed by atoms with Crippen LogP contribution in [0.15, 0.2) is 166 Å². The minimum absolute atomic E-state index is 0.0477. The number of aryl methyl sites for hydroxylation is 1. The van der Waals surface area contributed by atoms with Crippen molar-refractivity contribution in [3.8, 4) is 0 Å². The van der Waals surface area contributed by atoms with Gasteiger partial charge in [-0.15, -0.1) is 0 Å². The summed E-state index contributed by atoms with van der Waals surface area (Å²) >= 11 is 0. The molecule has 0 spiro atoms. The lowest BCUT2D eigenvalue weighted by molar-refractivity contribution is -0.144. The predicted octanol–water partition coefficient (Wildman–Crippen LogP) is 18.3. The molecule has 18 heteroatoms. The van der Waals surface area contributed by atoms with Crippen molar-refractivity contribution in [3.05, 3.63) is 181 Å². The van der Waals surface area contributed by atoms with Crippen LogP contribution in [0.2, 0.25) is 44.8 Å². The Morgan fingerprint density at radius 1 is 0.667 bits per heavy atom. The number of oxazole rings is 2. The van der Waals surface area contributed by atoms with Crippen LogP contribution in [0.5, 0.6) is 0 Å². The van der Waals surface area contributed by atoms with Crippen LogP contribution in [0.25, 0.3) is 12.2 Å². The Morgan fingerprint density at radius 2 is 1.17 bits per heavy atom. The molecule has 4 aromatic carbocycles. The summed E-state index contributed by atoms with van der Waals surface area (Å²) in [7, 11) is -14.7. The highest BCUT2D eigenvalue weighted by molar-refractivity contribution is 7.86. The first-order valence-corrected chi connectivity index (χ1v) is 47.0. The summed E-state index contributed by atoms with van der Waals surface area (Å²) in [6, 6.07) is 45.6. The topological polar surface area (TPSA) is 151 Å². The summed E-state index contributed by atoms with van der Waals surface area (Å²) in [6.07, 6.45) is 10.1. The molecular weight excluding hydrogens is 1320 g/mol. The fourth-order valence-electron chi connectivity index (χ4n) is 16.8. The minimum Gasteiger partial charge on any atom is -0.449 e. The van der Waals surface area contributed by atoms with E-state index in [1.54, 1.807) is 12.5 Å². The van der Waals surface area contributed by atoms with Gasteiger partial charge in [0.1, 0.15) is 30.0 Å². The van der Waals surface area contributed by atoms with Crippen LogP contribution in [0.3, 0.4) is 0 Å². The van der Waals surface area contributed by atoms with Crippen LogP contribution in [0.1, 0.15) is 192 Å². The first kappa shape index (κ1) is 79.8. The van der Waals surface area contributed by atoms with E-state index in [-0.39, 0.29) is 65.3 Å². The second kappa shape index (κ2) is 34.1. The van der Waals surface area contributed by atoms with Crippen molar-refractivity contribution in [3.63, 3.8) is 0 Å². The lowest BCUT2D eigenvalue weighted by Crippen LogP contribution is -2.68. The Bertz CT molecular complexity index is 3550. The molecule has 10 atom stereocenters. The maximum atomic E-state index is 13.6.